The van der Waals surface area contributed by atoms with Gasteiger partial charge in [0.1, 0.15) is 5.60 Å². The number of benzene rings is 1. The normalized spacial score (nSPS) is 12.2. The fourth-order valence-electron chi connectivity index (χ4n) is 2.63. The molecular weight excluding hydrogens is 493 g/mol. The smallest absolute Gasteiger partial charge is 0.408 e. The SMILES string of the molecule is CCNC(=NCc1cccc(CN(C)C)c1)NCC(C)(C)NC(=O)OC(C)(C)C.I. The highest BCUT2D eigenvalue weighted by atomic mass is 127. The Morgan fingerprint density at radius 3 is 2.30 bits per heavy atom. The minimum Gasteiger partial charge on any atom is -0.444 e. The zero-order chi connectivity index (χ0) is 22.1. The lowest BCUT2D eigenvalue weighted by atomic mass is 10.1. The lowest BCUT2D eigenvalue weighted by molar-refractivity contribution is 0.0474. The first-order valence-corrected chi connectivity index (χ1v) is 10.2. The highest BCUT2D eigenvalue weighted by molar-refractivity contribution is 14.0. The number of halogens is 1. The molecule has 0 aliphatic rings. The number of hydrogen-bond acceptors (Lipinski definition) is 4. The Morgan fingerprint density at radius 1 is 1.10 bits per heavy atom. The predicted octanol–water partition coefficient (Wildman–Crippen LogP) is 3.72. The van der Waals surface area contributed by atoms with Crippen LogP contribution in [0.25, 0.3) is 0 Å². The van der Waals surface area contributed by atoms with Crippen molar-refractivity contribution in [3.8, 4) is 0 Å². The molecule has 7 nitrogen and oxygen atoms in total. The largest absolute Gasteiger partial charge is 0.444 e. The van der Waals surface area contributed by atoms with E-state index in [4.69, 9.17) is 4.74 Å². The van der Waals surface area contributed by atoms with E-state index < -0.39 is 17.2 Å². The second kappa shape index (κ2) is 13.0. The molecule has 172 valence electrons. The van der Waals surface area contributed by atoms with E-state index in [1.165, 1.54) is 5.56 Å². The number of guanidine groups is 1. The summed E-state index contributed by atoms with van der Waals surface area (Å²) in [7, 11) is 4.12. The molecular formula is C22H40IN5O2. The predicted molar refractivity (Wildman–Crippen MR) is 136 cm³/mol. The average Bonchev–Trinajstić information content (AvgIpc) is 2.55. The number of rotatable bonds is 8. The van der Waals surface area contributed by atoms with E-state index >= 15 is 0 Å². The topological polar surface area (TPSA) is 78.0 Å². The van der Waals surface area contributed by atoms with Gasteiger partial charge in [0, 0.05) is 19.6 Å². The molecule has 0 saturated carbocycles. The van der Waals surface area contributed by atoms with Crippen LogP contribution >= 0.6 is 24.0 Å². The molecule has 0 aromatic heterocycles. The maximum absolute atomic E-state index is 12.1. The molecule has 0 unspecified atom stereocenters. The second-order valence-corrected chi connectivity index (χ2v) is 9.12. The number of amides is 1. The fraction of sp³-hybridized carbons (Fsp3) is 0.636. The molecule has 0 bridgehead atoms. The Balaban J connectivity index is 0.00000841. The molecule has 3 N–H and O–H groups in total. The van der Waals surface area contributed by atoms with Crippen LogP contribution in [0.15, 0.2) is 29.3 Å². The molecule has 0 atom stereocenters. The maximum Gasteiger partial charge on any atom is 0.408 e. The number of ether oxygens (including phenoxy) is 1. The van der Waals surface area contributed by atoms with Crippen LogP contribution in [0.2, 0.25) is 0 Å². The van der Waals surface area contributed by atoms with Crippen LogP contribution < -0.4 is 16.0 Å². The van der Waals surface area contributed by atoms with Gasteiger partial charge in [-0.05, 0) is 66.8 Å². The van der Waals surface area contributed by atoms with Crippen molar-refractivity contribution in [2.75, 3.05) is 27.2 Å². The van der Waals surface area contributed by atoms with Crippen molar-refractivity contribution < 1.29 is 9.53 Å². The first-order chi connectivity index (χ1) is 13.4. The van der Waals surface area contributed by atoms with E-state index in [1.807, 2.05) is 41.5 Å². The highest BCUT2D eigenvalue weighted by Crippen LogP contribution is 2.10. The summed E-state index contributed by atoms with van der Waals surface area (Å²) >= 11 is 0. The van der Waals surface area contributed by atoms with E-state index in [0.29, 0.717) is 19.0 Å². The van der Waals surface area contributed by atoms with E-state index in [9.17, 15) is 4.79 Å². The molecule has 30 heavy (non-hydrogen) atoms. The van der Waals surface area contributed by atoms with Crippen molar-refractivity contribution >= 4 is 36.0 Å². The third-order valence-corrected chi connectivity index (χ3v) is 3.79. The van der Waals surface area contributed by atoms with Crippen LogP contribution in [-0.4, -0.2) is 55.3 Å². The zero-order valence-corrected chi connectivity index (χ0v) is 22.1. The molecule has 1 rings (SSSR count). The molecule has 0 spiro atoms. The van der Waals surface area contributed by atoms with Crippen LogP contribution in [-0.2, 0) is 17.8 Å². The summed E-state index contributed by atoms with van der Waals surface area (Å²) in [6, 6.07) is 8.46. The quantitative estimate of drug-likeness (QED) is 0.270. The van der Waals surface area contributed by atoms with Gasteiger partial charge >= 0.3 is 6.09 Å². The van der Waals surface area contributed by atoms with Gasteiger partial charge in [0.15, 0.2) is 5.96 Å². The highest BCUT2D eigenvalue weighted by Gasteiger charge is 2.24. The van der Waals surface area contributed by atoms with Gasteiger partial charge in [-0.2, -0.15) is 0 Å². The number of carbonyl (C=O) groups is 1. The van der Waals surface area contributed by atoms with Crippen molar-refractivity contribution in [2.24, 2.45) is 4.99 Å². The zero-order valence-electron chi connectivity index (χ0n) is 19.8. The van der Waals surface area contributed by atoms with E-state index in [-0.39, 0.29) is 24.0 Å². The Kier molecular flexibility index (Phi) is 12.3. The van der Waals surface area contributed by atoms with Gasteiger partial charge in [0.25, 0.3) is 0 Å². The summed E-state index contributed by atoms with van der Waals surface area (Å²) in [5.74, 6) is 0.713. The van der Waals surface area contributed by atoms with Gasteiger partial charge < -0.3 is 25.6 Å². The van der Waals surface area contributed by atoms with Gasteiger partial charge in [-0.25, -0.2) is 9.79 Å². The van der Waals surface area contributed by atoms with Gasteiger partial charge in [0.05, 0.1) is 12.1 Å². The van der Waals surface area contributed by atoms with Crippen molar-refractivity contribution in [1.29, 1.82) is 0 Å². The molecule has 0 aliphatic carbocycles. The molecule has 1 aromatic carbocycles. The van der Waals surface area contributed by atoms with Gasteiger partial charge in [0.2, 0.25) is 0 Å². The number of nitrogens with one attached hydrogen (secondary N) is 3. The van der Waals surface area contributed by atoms with Gasteiger partial charge in [-0.15, -0.1) is 24.0 Å². The van der Waals surface area contributed by atoms with Crippen molar-refractivity contribution in [3.63, 3.8) is 0 Å². The third kappa shape index (κ3) is 12.9. The summed E-state index contributed by atoms with van der Waals surface area (Å²) < 4.78 is 5.34. The lowest BCUT2D eigenvalue weighted by Gasteiger charge is -2.29. The summed E-state index contributed by atoms with van der Waals surface area (Å²) in [6.07, 6.45) is -0.427. The van der Waals surface area contributed by atoms with Crippen LogP contribution in [0.5, 0.6) is 0 Å². The summed E-state index contributed by atoms with van der Waals surface area (Å²) in [4.78, 5) is 18.9. The number of alkyl carbamates (subject to hydrolysis) is 1. The van der Waals surface area contributed by atoms with E-state index in [1.54, 1.807) is 0 Å². The maximum atomic E-state index is 12.1. The standard InChI is InChI=1S/C22H39N5O2.HI/c1-9-23-19(24-14-17-11-10-12-18(13-17)15-27(7)8)25-16-22(5,6)26-20(28)29-21(2,3)4;/h10-13H,9,14-16H2,1-8H3,(H,26,28)(H2,23,24,25);1H. The van der Waals surface area contributed by atoms with Crippen LogP contribution in [0.3, 0.4) is 0 Å². The molecule has 0 heterocycles. The van der Waals surface area contributed by atoms with Crippen LogP contribution in [0.4, 0.5) is 4.79 Å². The van der Waals surface area contributed by atoms with Crippen LogP contribution in [0, 0.1) is 0 Å². The average molecular weight is 533 g/mol. The lowest BCUT2D eigenvalue weighted by Crippen LogP contribution is -2.54. The third-order valence-electron chi connectivity index (χ3n) is 3.79. The molecule has 0 fully saturated rings. The molecule has 8 heteroatoms. The molecule has 1 amide bonds. The van der Waals surface area contributed by atoms with Crippen molar-refractivity contribution in [2.45, 2.75) is 65.8 Å². The summed E-state index contributed by atoms with van der Waals surface area (Å²) in [6.45, 7) is 14.2. The number of aliphatic imine (C=N–C) groups is 1. The summed E-state index contributed by atoms with van der Waals surface area (Å²) in [5, 5.41) is 9.46. The first-order valence-electron chi connectivity index (χ1n) is 10.2. The van der Waals surface area contributed by atoms with Crippen molar-refractivity contribution in [1.82, 2.24) is 20.9 Å². The van der Waals surface area contributed by atoms with Gasteiger partial charge in [-0.1, -0.05) is 24.3 Å². The van der Waals surface area contributed by atoms with E-state index in [2.05, 4.69) is 64.2 Å². The summed E-state index contributed by atoms with van der Waals surface area (Å²) in [5.41, 5.74) is 1.41. The molecule has 0 radical (unpaired) electrons. The number of nitrogens with zero attached hydrogens (tertiary/aromatic N) is 2. The minimum atomic E-state index is -0.523. The monoisotopic (exact) mass is 533 g/mol. The molecule has 1 aromatic rings. The molecule has 0 saturated heterocycles. The Labute approximate surface area is 199 Å². The Hall–Kier alpha value is -1.55. The number of carbonyl (C=O) groups excluding carboxylic acids is 1. The van der Waals surface area contributed by atoms with E-state index in [0.717, 1.165) is 18.7 Å². The number of hydrogen-bond donors (Lipinski definition) is 3. The van der Waals surface area contributed by atoms with Crippen LogP contribution in [0.1, 0.15) is 52.7 Å². The fourth-order valence-corrected chi connectivity index (χ4v) is 2.63. The minimum absolute atomic E-state index is 0. The first kappa shape index (κ1) is 28.5. The molecule has 0 aliphatic heterocycles. The Bertz CT molecular complexity index is 684. The van der Waals surface area contributed by atoms with Gasteiger partial charge in [-0.3, -0.25) is 0 Å². The second-order valence-electron chi connectivity index (χ2n) is 9.12. The van der Waals surface area contributed by atoms with Crippen molar-refractivity contribution in [3.05, 3.63) is 35.4 Å². The Morgan fingerprint density at radius 2 is 1.73 bits per heavy atom.